The lowest BCUT2D eigenvalue weighted by atomic mass is 9.48. The number of hydrogen-bond acceptors (Lipinski definition) is 20. The monoisotopic (exact) mass is 1400 g/mol. The Kier molecular flexibility index (Phi) is 33.9. The van der Waals surface area contributed by atoms with Gasteiger partial charge in [0.05, 0.1) is 83.8 Å². The summed E-state index contributed by atoms with van der Waals surface area (Å²) in [5, 5.41) is 57.5. The highest BCUT2D eigenvalue weighted by molar-refractivity contribution is 5.99. The van der Waals surface area contributed by atoms with E-state index in [2.05, 4.69) is 31.5 Å². The van der Waals surface area contributed by atoms with Crippen molar-refractivity contribution in [1.29, 1.82) is 0 Å². The van der Waals surface area contributed by atoms with Gasteiger partial charge in [0.15, 0.2) is 5.69 Å². The quantitative estimate of drug-likeness (QED) is 0.0367. The summed E-state index contributed by atoms with van der Waals surface area (Å²) in [5.74, 6) is -3.87. The summed E-state index contributed by atoms with van der Waals surface area (Å²) in [6.07, 6.45) is 7.04. The number of ether oxygens (including phenoxy) is 5. The topological polar surface area (TPSA) is 375 Å². The Hall–Kier alpha value is -7.84. The molecule has 0 atom stereocenters. The number of carbonyl (C=O) groups excluding carboxylic acids is 5. The van der Waals surface area contributed by atoms with E-state index in [1.165, 1.54) is 0 Å². The second-order valence-corrected chi connectivity index (χ2v) is 26.6. The van der Waals surface area contributed by atoms with Crippen molar-refractivity contribution >= 4 is 53.4 Å². The van der Waals surface area contributed by atoms with Gasteiger partial charge in [0.25, 0.3) is 11.8 Å². The number of benzene rings is 2. The van der Waals surface area contributed by atoms with Crippen molar-refractivity contribution in [2.75, 3.05) is 180 Å². The standard InChI is InChI=1S/C70H108N12O18/c1-48(2)54-42-51(15-16-56(54)82-57(66-58(96-6)13-8-14-59(66)97-7)43-55(76-82)67(92)75-70(69(94)95)52-38-49-37-50(40-52)41-53(70)39-49)68(93)79(5)26-12-24-77(3)23-11-25-78(4)62(85)18-17-60(83)73-19-9-31-98-33-35-100-36-34-99-32-10-20-74-61(84)44-71-21-27-80(46-64(88)89)29-30-81(47-65(90)91)28-22-72-45-63(86)87/h8,13-16,42-43,48-50,52-53,71-72H,9-12,17-41,44-47H2,1-7H3,(H,73,83)(H,74,84)(H,75,92)(H,86,87)(H,88,89)(H,90,91)(H,94,95). The van der Waals surface area contributed by atoms with Crippen LogP contribution in [-0.4, -0.2) is 293 Å². The molecule has 0 saturated heterocycles. The summed E-state index contributed by atoms with van der Waals surface area (Å²) in [4.78, 5) is 122. The van der Waals surface area contributed by atoms with Crippen molar-refractivity contribution in [1.82, 2.24) is 60.9 Å². The Balaban J connectivity index is 0.796. The van der Waals surface area contributed by atoms with Crippen LogP contribution in [0, 0.1) is 23.7 Å². The van der Waals surface area contributed by atoms with Crippen molar-refractivity contribution in [2.45, 2.75) is 95.9 Å². The second-order valence-electron chi connectivity index (χ2n) is 26.6. The molecule has 9 N–H and O–H groups in total. The summed E-state index contributed by atoms with van der Waals surface area (Å²) in [6.45, 7) is 10.5. The molecule has 0 radical (unpaired) electrons. The maximum absolute atomic E-state index is 14.5. The van der Waals surface area contributed by atoms with Crippen LogP contribution in [0.25, 0.3) is 16.9 Å². The molecule has 30 nitrogen and oxygen atoms in total. The molecule has 100 heavy (non-hydrogen) atoms. The lowest BCUT2D eigenvalue weighted by molar-refractivity contribution is -0.163. The fourth-order valence-electron chi connectivity index (χ4n) is 13.8. The van der Waals surface area contributed by atoms with Crippen LogP contribution in [0.2, 0.25) is 0 Å². The molecule has 4 aliphatic rings. The van der Waals surface area contributed by atoms with Crippen molar-refractivity contribution in [3.05, 3.63) is 59.3 Å². The molecular weight excluding hydrogens is 1300 g/mol. The fourth-order valence-corrected chi connectivity index (χ4v) is 13.8. The average Bonchev–Trinajstić information content (AvgIpc) is 0.735. The zero-order valence-electron chi connectivity index (χ0n) is 59.4. The van der Waals surface area contributed by atoms with Crippen LogP contribution in [0.1, 0.15) is 117 Å². The molecule has 4 saturated carbocycles. The number of carboxylic acid groups (broad SMARTS) is 4. The highest BCUT2D eigenvalue weighted by atomic mass is 16.5. The number of nitrogens with one attached hydrogen (secondary N) is 5. The molecule has 1 heterocycles. The molecule has 30 heteroatoms. The lowest BCUT2D eigenvalue weighted by Crippen LogP contribution is -2.70. The zero-order chi connectivity index (χ0) is 72.7. The minimum Gasteiger partial charge on any atom is -0.496 e. The van der Waals surface area contributed by atoms with Crippen LogP contribution in [-0.2, 0) is 47.8 Å². The zero-order valence-corrected chi connectivity index (χ0v) is 59.4. The van der Waals surface area contributed by atoms with E-state index in [0.29, 0.717) is 151 Å². The molecule has 3 aromatic rings. The van der Waals surface area contributed by atoms with Gasteiger partial charge >= 0.3 is 23.9 Å². The van der Waals surface area contributed by atoms with Gasteiger partial charge in [-0.05, 0) is 149 Å². The fraction of sp³-hybridized carbons (Fsp3) is 0.657. The van der Waals surface area contributed by atoms with Gasteiger partial charge in [0, 0.05) is 111 Å². The van der Waals surface area contributed by atoms with Crippen molar-refractivity contribution < 1.29 is 87.3 Å². The third kappa shape index (κ3) is 25.3. The average molecular weight is 1410 g/mol. The summed E-state index contributed by atoms with van der Waals surface area (Å²) in [7, 11) is 8.62. The highest BCUT2D eigenvalue weighted by Gasteiger charge is 2.62. The van der Waals surface area contributed by atoms with Gasteiger partial charge in [-0.15, -0.1) is 0 Å². The van der Waals surface area contributed by atoms with Gasteiger partial charge in [0.2, 0.25) is 17.7 Å². The maximum atomic E-state index is 14.5. The number of hydrogen-bond donors (Lipinski definition) is 9. The Morgan fingerprint density at radius 2 is 1.12 bits per heavy atom. The minimum absolute atomic E-state index is 0.0224. The van der Waals surface area contributed by atoms with Gasteiger partial charge in [-0.2, -0.15) is 5.10 Å². The highest BCUT2D eigenvalue weighted by Crippen LogP contribution is 2.58. The number of nitrogens with zero attached hydrogens (tertiary/aromatic N) is 7. The van der Waals surface area contributed by atoms with Gasteiger partial charge in [-0.1, -0.05) is 19.9 Å². The molecule has 7 rings (SSSR count). The van der Waals surface area contributed by atoms with Crippen LogP contribution in [0.3, 0.4) is 0 Å². The minimum atomic E-state index is -1.38. The molecule has 0 aliphatic heterocycles. The van der Waals surface area contributed by atoms with E-state index >= 15 is 0 Å². The first kappa shape index (κ1) is 81.1. The molecule has 556 valence electrons. The SMILES string of the molecule is COc1cccc(OC)c1-c1cc(C(=O)NC2(C(=O)O)C3CC4CC(C3)CC2C4)nn1-c1ccc(C(=O)N(C)CCCN(C)CCCN(C)C(=O)CCC(=O)NCCCOCCOCCOCCCNC(=O)CNCCN(CCN(CCNCC(=O)O)CC(=O)O)CC(=O)O)cc1C(C)C. The van der Waals surface area contributed by atoms with Crippen LogP contribution in [0.4, 0.5) is 0 Å². The van der Waals surface area contributed by atoms with E-state index in [4.69, 9.17) is 33.9 Å². The van der Waals surface area contributed by atoms with Crippen molar-refractivity contribution in [2.24, 2.45) is 23.7 Å². The Labute approximate surface area is 586 Å². The number of carbonyl (C=O) groups is 9. The number of amides is 5. The first-order valence-electron chi connectivity index (χ1n) is 34.9. The normalized spacial score (nSPS) is 17.6. The van der Waals surface area contributed by atoms with E-state index in [0.717, 1.165) is 50.6 Å². The Bertz CT molecular complexity index is 3120. The maximum Gasteiger partial charge on any atom is 0.330 e. The molecule has 0 unspecified atom stereocenters. The first-order valence-corrected chi connectivity index (χ1v) is 34.9. The number of carboxylic acids is 4. The number of aliphatic carboxylic acids is 4. The van der Waals surface area contributed by atoms with E-state index in [1.807, 2.05) is 33.0 Å². The Morgan fingerprint density at radius 3 is 1.64 bits per heavy atom. The van der Waals surface area contributed by atoms with Gasteiger partial charge in [0.1, 0.15) is 17.0 Å². The molecule has 0 spiro atoms. The van der Waals surface area contributed by atoms with Crippen molar-refractivity contribution in [3.8, 4) is 28.4 Å². The van der Waals surface area contributed by atoms with E-state index in [1.54, 1.807) is 82.9 Å². The molecular formula is C70H108N12O18. The smallest absolute Gasteiger partial charge is 0.330 e. The van der Waals surface area contributed by atoms with Crippen LogP contribution in [0.15, 0.2) is 42.5 Å². The molecule has 2 aromatic carbocycles. The lowest BCUT2D eigenvalue weighted by Gasteiger charge is -2.59. The molecule has 5 amide bonds. The van der Waals surface area contributed by atoms with E-state index in [-0.39, 0.29) is 112 Å². The van der Waals surface area contributed by atoms with E-state index < -0.39 is 35.3 Å². The molecule has 4 aliphatic carbocycles. The predicted molar refractivity (Wildman–Crippen MR) is 371 cm³/mol. The van der Waals surface area contributed by atoms with Gasteiger partial charge in [-0.25, -0.2) is 9.48 Å². The summed E-state index contributed by atoms with van der Waals surface area (Å²) < 4.78 is 30.1. The number of aromatic nitrogens is 2. The molecule has 4 fully saturated rings. The second kappa shape index (κ2) is 41.8. The summed E-state index contributed by atoms with van der Waals surface area (Å²) in [6, 6.07) is 12.5. The van der Waals surface area contributed by atoms with Crippen molar-refractivity contribution in [3.63, 3.8) is 0 Å². The predicted octanol–water partition coefficient (Wildman–Crippen LogP) is 2.81. The molecule has 4 bridgehead atoms. The van der Waals surface area contributed by atoms with Crippen LogP contribution >= 0.6 is 0 Å². The van der Waals surface area contributed by atoms with Gasteiger partial charge in [-0.3, -0.25) is 48.2 Å². The third-order valence-corrected chi connectivity index (χ3v) is 18.8. The van der Waals surface area contributed by atoms with Gasteiger partial charge < -0.3 is 85.4 Å². The number of methoxy groups -OCH3 is 2. The third-order valence-electron chi connectivity index (χ3n) is 18.8. The first-order chi connectivity index (χ1) is 47.9. The summed E-state index contributed by atoms with van der Waals surface area (Å²) in [5.41, 5.74) is 1.64. The molecule has 1 aromatic heterocycles. The summed E-state index contributed by atoms with van der Waals surface area (Å²) >= 11 is 0. The number of rotatable bonds is 51. The van der Waals surface area contributed by atoms with E-state index in [9.17, 15) is 58.5 Å². The Morgan fingerprint density at radius 1 is 0.590 bits per heavy atom. The van der Waals surface area contributed by atoms with Crippen LogP contribution < -0.4 is 36.1 Å². The van der Waals surface area contributed by atoms with Crippen LogP contribution in [0.5, 0.6) is 11.5 Å². The largest absolute Gasteiger partial charge is 0.496 e.